The van der Waals surface area contributed by atoms with Crippen LogP contribution in [0.5, 0.6) is 0 Å². The average Bonchev–Trinajstić information content (AvgIpc) is 3.16. The smallest absolute Gasteiger partial charge is 0.311 e. The molecule has 0 saturated heterocycles. The summed E-state index contributed by atoms with van der Waals surface area (Å²) in [4.78, 5) is 12.5. The van der Waals surface area contributed by atoms with Crippen LogP contribution in [0.25, 0.3) is 0 Å². The minimum atomic E-state index is -0.418. The van der Waals surface area contributed by atoms with Crippen LogP contribution in [0.3, 0.4) is 0 Å². The predicted octanol–water partition coefficient (Wildman–Crippen LogP) is 9.69. The lowest BCUT2D eigenvalue weighted by atomic mass is 9.47. The molecule has 2 heteroatoms. The molecule has 3 saturated carbocycles. The molecule has 3 unspecified atom stereocenters. The van der Waals surface area contributed by atoms with E-state index in [4.69, 9.17) is 4.74 Å². The summed E-state index contributed by atoms with van der Waals surface area (Å²) >= 11 is 0. The second-order valence-electron chi connectivity index (χ2n) is 15.0. The van der Waals surface area contributed by atoms with Crippen molar-refractivity contribution < 1.29 is 9.53 Å². The highest BCUT2D eigenvalue weighted by molar-refractivity contribution is 5.75. The molecule has 204 valence electrons. The van der Waals surface area contributed by atoms with Crippen molar-refractivity contribution in [2.24, 2.45) is 45.8 Å². The third-order valence-electron chi connectivity index (χ3n) is 11.6. The van der Waals surface area contributed by atoms with Crippen LogP contribution in [0.4, 0.5) is 0 Å². The van der Waals surface area contributed by atoms with Crippen molar-refractivity contribution in [2.45, 2.75) is 139 Å². The molecule has 0 bridgehead atoms. The molecule has 0 radical (unpaired) electrons. The lowest BCUT2D eigenvalue weighted by Crippen LogP contribution is -2.50. The molecule has 4 rings (SSSR count). The molecular formula is C34H56O2. The fourth-order valence-electron chi connectivity index (χ4n) is 9.13. The Kier molecular flexibility index (Phi) is 7.97. The van der Waals surface area contributed by atoms with Crippen molar-refractivity contribution in [1.82, 2.24) is 0 Å². The molecule has 3 fully saturated rings. The first-order valence-corrected chi connectivity index (χ1v) is 15.4. The summed E-state index contributed by atoms with van der Waals surface area (Å²) in [6.45, 7) is 20.7. The van der Waals surface area contributed by atoms with Crippen LogP contribution in [0.15, 0.2) is 22.8 Å². The van der Waals surface area contributed by atoms with Crippen LogP contribution in [0, 0.1) is 45.8 Å². The van der Waals surface area contributed by atoms with E-state index >= 15 is 0 Å². The van der Waals surface area contributed by atoms with Crippen LogP contribution < -0.4 is 0 Å². The second-order valence-corrected chi connectivity index (χ2v) is 15.0. The lowest BCUT2D eigenvalue weighted by molar-refractivity contribution is -0.160. The van der Waals surface area contributed by atoms with Gasteiger partial charge in [0.1, 0.15) is 6.10 Å². The van der Waals surface area contributed by atoms with Gasteiger partial charge >= 0.3 is 5.97 Å². The van der Waals surface area contributed by atoms with E-state index in [0.717, 1.165) is 42.4 Å². The zero-order valence-electron chi connectivity index (χ0n) is 25.1. The number of ether oxygens (including phenoxy) is 1. The Morgan fingerprint density at radius 3 is 2.39 bits per heavy atom. The zero-order valence-corrected chi connectivity index (χ0v) is 25.1. The lowest BCUT2D eigenvalue weighted by Gasteiger charge is -2.57. The Morgan fingerprint density at radius 2 is 1.75 bits per heavy atom. The van der Waals surface area contributed by atoms with Gasteiger partial charge < -0.3 is 4.74 Å². The molecular weight excluding hydrogens is 440 g/mol. The largest absolute Gasteiger partial charge is 0.462 e. The van der Waals surface area contributed by atoms with Gasteiger partial charge in [0.2, 0.25) is 0 Å². The number of rotatable bonds is 6. The van der Waals surface area contributed by atoms with Gasteiger partial charge in [0.15, 0.2) is 0 Å². The molecule has 0 aliphatic heterocycles. The van der Waals surface area contributed by atoms with Crippen molar-refractivity contribution in [3.05, 3.63) is 22.8 Å². The average molecular weight is 497 g/mol. The zero-order chi connectivity index (χ0) is 26.5. The fourth-order valence-corrected chi connectivity index (χ4v) is 9.13. The summed E-state index contributed by atoms with van der Waals surface area (Å²) in [5.74, 6) is 4.10. The molecule has 0 amide bonds. The summed E-state index contributed by atoms with van der Waals surface area (Å²) in [5.41, 5.74) is 5.50. The molecule has 0 aromatic carbocycles. The van der Waals surface area contributed by atoms with Crippen molar-refractivity contribution in [3.8, 4) is 0 Å². The van der Waals surface area contributed by atoms with Gasteiger partial charge in [0.05, 0.1) is 5.41 Å². The maximum absolute atomic E-state index is 12.5. The van der Waals surface area contributed by atoms with E-state index in [-0.39, 0.29) is 12.1 Å². The first kappa shape index (κ1) is 28.0. The van der Waals surface area contributed by atoms with Gasteiger partial charge in [-0.1, -0.05) is 63.8 Å². The molecule has 0 aromatic heterocycles. The normalized spacial score (nSPS) is 38.6. The van der Waals surface area contributed by atoms with Crippen LogP contribution in [-0.4, -0.2) is 12.1 Å². The highest BCUT2D eigenvalue weighted by Crippen LogP contribution is 2.66. The van der Waals surface area contributed by atoms with Crippen molar-refractivity contribution in [1.29, 1.82) is 0 Å². The van der Waals surface area contributed by atoms with Gasteiger partial charge in [0, 0.05) is 6.42 Å². The van der Waals surface area contributed by atoms with E-state index in [9.17, 15) is 4.79 Å². The number of hydrogen-bond acceptors (Lipinski definition) is 2. The second kappa shape index (κ2) is 10.3. The fraction of sp³-hybridized carbons (Fsp3) is 0.853. The number of carbonyl (C=O) groups excluding carboxylic acids is 1. The monoisotopic (exact) mass is 496 g/mol. The number of carbonyl (C=O) groups is 1. The SMILES string of the molecule is CC[C@H](CC/C(C)=C1\CCC2[C@@H]3CC=C4C[C@@H](OC(=O)C(C)(C)C)CC[C@]4(C)C3CCC12C)C(C)C. The van der Waals surface area contributed by atoms with E-state index in [2.05, 4.69) is 47.6 Å². The Bertz CT molecular complexity index is 885. The predicted molar refractivity (Wildman–Crippen MR) is 152 cm³/mol. The van der Waals surface area contributed by atoms with E-state index < -0.39 is 5.41 Å². The first-order valence-electron chi connectivity index (χ1n) is 15.4. The van der Waals surface area contributed by atoms with E-state index in [1.807, 2.05) is 26.3 Å². The highest BCUT2D eigenvalue weighted by Gasteiger charge is 2.57. The molecule has 7 atom stereocenters. The number of allylic oxidation sites excluding steroid dienone is 3. The maximum Gasteiger partial charge on any atom is 0.311 e. The maximum atomic E-state index is 12.5. The van der Waals surface area contributed by atoms with Crippen LogP contribution in [0.1, 0.15) is 133 Å². The van der Waals surface area contributed by atoms with Crippen molar-refractivity contribution >= 4 is 5.97 Å². The van der Waals surface area contributed by atoms with E-state index in [1.54, 1.807) is 11.1 Å². The first-order chi connectivity index (χ1) is 16.8. The Labute approximate surface area is 223 Å². The summed E-state index contributed by atoms with van der Waals surface area (Å²) < 4.78 is 5.99. The minimum absolute atomic E-state index is 0.0434. The molecule has 0 N–H and O–H groups in total. The van der Waals surface area contributed by atoms with Gasteiger partial charge in [0.25, 0.3) is 0 Å². The molecule has 4 aliphatic carbocycles. The molecule has 36 heavy (non-hydrogen) atoms. The quantitative estimate of drug-likeness (QED) is 0.270. The van der Waals surface area contributed by atoms with Crippen molar-refractivity contribution in [2.75, 3.05) is 0 Å². The molecule has 2 nitrogen and oxygen atoms in total. The summed E-state index contributed by atoms with van der Waals surface area (Å²) in [6, 6.07) is 0. The Balaban J connectivity index is 1.48. The van der Waals surface area contributed by atoms with Crippen LogP contribution in [0.2, 0.25) is 0 Å². The van der Waals surface area contributed by atoms with Gasteiger partial charge in [-0.3, -0.25) is 4.79 Å². The topological polar surface area (TPSA) is 26.3 Å². The Morgan fingerprint density at radius 1 is 1.08 bits per heavy atom. The summed E-state index contributed by atoms with van der Waals surface area (Å²) in [5, 5.41) is 0. The number of hydrogen-bond donors (Lipinski definition) is 0. The minimum Gasteiger partial charge on any atom is -0.462 e. The van der Waals surface area contributed by atoms with Crippen molar-refractivity contribution in [3.63, 3.8) is 0 Å². The third kappa shape index (κ3) is 5.01. The van der Waals surface area contributed by atoms with E-state index in [1.165, 1.54) is 57.8 Å². The van der Waals surface area contributed by atoms with Crippen LogP contribution >= 0.6 is 0 Å². The molecule has 0 aromatic rings. The third-order valence-corrected chi connectivity index (χ3v) is 11.6. The number of esters is 1. The molecule has 4 aliphatic rings. The summed E-state index contributed by atoms with van der Waals surface area (Å²) in [7, 11) is 0. The molecule has 0 heterocycles. The standard InChI is InChI=1S/C34H56O2/c1-10-24(22(2)3)12-11-23(4)28-15-16-29-27-14-13-25-21-26(36-31(35)32(5,6)7)17-19-33(25,8)30(27)18-20-34(28,29)9/h13,22,24,26-27,29-30H,10-12,14-21H2,1-9H3/b28-23+/t24-,26+,27+,29?,30?,33+,34?/m1/s1. The van der Waals surface area contributed by atoms with Crippen LogP contribution in [-0.2, 0) is 9.53 Å². The van der Waals surface area contributed by atoms with Gasteiger partial charge in [-0.15, -0.1) is 0 Å². The highest BCUT2D eigenvalue weighted by atomic mass is 16.5. The van der Waals surface area contributed by atoms with E-state index in [0.29, 0.717) is 10.8 Å². The summed E-state index contributed by atoms with van der Waals surface area (Å²) in [6.07, 6.45) is 16.6. The molecule has 0 spiro atoms. The van der Waals surface area contributed by atoms with Gasteiger partial charge in [-0.05, 0) is 126 Å². The van der Waals surface area contributed by atoms with Gasteiger partial charge in [-0.25, -0.2) is 0 Å². The Hall–Kier alpha value is -1.05. The van der Waals surface area contributed by atoms with Gasteiger partial charge in [-0.2, -0.15) is 0 Å². The number of fused-ring (bicyclic) bond motifs is 5.